The van der Waals surface area contributed by atoms with Crippen molar-refractivity contribution in [3.8, 4) is 0 Å². The monoisotopic (exact) mass is 388 g/mol. The summed E-state index contributed by atoms with van der Waals surface area (Å²) in [5.74, 6) is -0.0900. The molecular formula is C17H21ClN8O. The van der Waals surface area contributed by atoms with Gasteiger partial charge in [0.15, 0.2) is 0 Å². The minimum atomic E-state index is -0.324. The predicted molar refractivity (Wildman–Crippen MR) is 106 cm³/mol. The maximum Gasteiger partial charge on any atom is 0.250 e. The third kappa shape index (κ3) is 5.38. The number of hydrogen-bond acceptors (Lipinski definition) is 8. The molecule has 10 heteroatoms. The van der Waals surface area contributed by atoms with Crippen LogP contribution in [0.25, 0.3) is 0 Å². The largest absolute Gasteiger partial charge is 0.356 e. The van der Waals surface area contributed by atoms with Gasteiger partial charge in [-0.15, -0.1) is 17.5 Å². The van der Waals surface area contributed by atoms with E-state index in [4.69, 9.17) is 0 Å². The Hall–Kier alpha value is -3.20. The van der Waals surface area contributed by atoms with Crippen LogP contribution in [0.3, 0.4) is 0 Å². The zero-order valence-corrected chi connectivity index (χ0v) is 16.0. The van der Waals surface area contributed by atoms with Gasteiger partial charge in [0.1, 0.15) is 0 Å². The Kier molecular flexibility index (Phi) is 6.67. The number of carbonyl (C=O) groups excluding carboxylic acids is 1. The van der Waals surface area contributed by atoms with E-state index in [0.717, 1.165) is 22.7 Å². The lowest BCUT2D eigenvalue weighted by Gasteiger charge is -2.16. The molecule has 1 amide bonds. The summed E-state index contributed by atoms with van der Waals surface area (Å²) in [4.78, 5) is 11.0. The molecular weight excluding hydrogens is 368 g/mol. The molecule has 0 aromatic heterocycles. The molecule has 1 heterocycles. The number of nitrogens with zero attached hydrogens (tertiary/aromatic N) is 6. The topological polar surface area (TPSA) is 97.0 Å². The van der Waals surface area contributed by atoms with Crippen molar-refractivity contribution in [1.82, 2.24) is 10.0 Å². The SMILES string of the molecule is CC(=O)Nc1ccc(Nc2ccc(/N=N/C3N(C)N=NN3C)cc2)cc1.Cl. The standard InChI is InChI=1S/C17H20N8O.ClH/c1-12(26)18-13-4-6-14(7-5-13)19-15-8-10-16(11-9-15)20-21-17-24(2)22-23-25(17)3;/h4-11,17,19H,1-3H3,(H,18,26);1H/b21-20+;. The van der Waals surface area contributed by atoms with Gasteiger partial charge in [-0.1, -0.05) is 0 Å². The Morgan fingerprint density at radius 2 is 1.41 bits per heavy atom. The van der Waals surface area contributed by atoms with Gasteiger partial charge in [-0.05, 0) is 59.0 Å². The van der Waals surface area contributed by atoms with Crippen molar-refractivity contribution in [2.24, 2.45) is 20.7 Å². The van der Waals surface area contributed by atoms with Crippen LogP contribution in [0.5, 0.6) is 0 Å². The molecule has 1 aliphatic rings. The highest BCUT2D eigenvalue weighted by Gasteiger charge is 2.22. The van der Waals surface area contributed by atoms with Crippen molar-refractivity contribution in [1.29, 1.82) is 0 Å². The number of carbonyl (C=O) groups is 1. The molecule has 0 aliphatic carbocycles. The Balaban J connectivity index is 0.00000261. The Morgan fingerprint density at radius 1 is 0.926 bits per heavy atom. The second-order valence-corrected chi connectivity index (χ2v) is 5.82. The minimum Gasteiger partial charge on any atom is -0.356 e. The number of benzene rings is 2. The summed E-state index contributed by atoms with van der Waals surface area (Å²) in [5, 5.41) is 25.5. The fourth-order valence-electron chi connectivity index (χ4n) is 2.35. The highest BCUT2D eigenvalue weighted by molar-refractivity contribution is 5.88. The van der Waals surface area contributed by atoms with Crippen molar-refractivity contribution in [3.05, 3.63) is 48.5 Å². The molecule has 3 rings (SSSR count). The molecule has 0 saturated carbocycles. The summed E-state index contributed by atoms with van der Waals surface area (Å²) < 4.78 is 0. The van der Waals surface area contributed by atoms with Crippen molar-refractivity contribution in [3.63, 3.8) is 0 Å². The van der Waals surface area contributed by atoms with E-state index >= 15 is 0 Å². The van der Waals surface area contributed by atoms with E-state index in [-0.39, 0.29) is 24.6 Å². The van der Waals surface area contributed by atoms with Crippen molar-refractivity contribution >= 4 is 41.1 Å². The molecule has 2 aromatic rings. The molecule has 0 bridgehead atoms. The van der Waals surface area contributed by atoms with Gasteiger partial charge < -0.3 is 10.6 Å². The third-order valence-corrected chi connectivity index (χ3v) is 3.63. The second kappa shape index (κ2) is 8.95. The number of anilines is 3. The first-order chi connectivity index (χ1) is 12.5. The zero-order chi connectivity index (χ0) is 18.5. The average molecular weight is 389 g/mol. The zero-order valence-electron chi connectivity index (χ0n) is 15.2. The Bertz CT molecular complexity index is 810. The summed E-state index contributed by atoms with van der Waals surface area (Å²) in [6.07, 6.45) is -0.324. The summed E-state index contributed by atoms with van der Waals surface area (Å²) in [6, 6.07) is 15.1. The molecule has 0 spiro atoms. The van der Waals surface area contributed by atoms with Crippen LogP contribution in [0.2, 0.25) is 0 Å². The maximum absolute atomic E-state index is 11.0. The van der Waals surface area contributed by atoms with Crippen molar-refractivity contribution < 1.29 is 4.79 Å². The van der Waals surface area contributed by atoms with Crippen LogP contribution in [0.4, 0.5) is 22.7 Å². The first-order valence-electron chi connectivity index (χ1n) is 8.04. The first kappa shape index (κ1) is 20.1. The van der Waals surface area contributed by atoms with Crippen LogP contribution >= 0.6 is 12.4 Å². The lowest BCUT2D eigenvalue weighted by molar-refractivity contribution is -0.114. The second-order valence-electron chi connectivity index (χ2n) is 5.82. The molecule has 1 aliphatic heterocycles. The molecule has 0 atom stereocenters. The van der Waals surface area contributed by atoms with E-state index in [9.17, 15) is 4.79 Å². The smallest absolute Gasteiger partial charge is 0.250 e. The number of hydrogen-bond donors (Lipinski definition) is 2. The fraction of sp³-hybridized carbons (Fsp3) is 0.235. The van der Waals surface area contributed by atoms with E-state index in [1.807, 2.05) is 48.5 Å². The van der Waals surface area contributed by atoms with Gasteiger partial charge in [-0.25, -0.2) is 10.0 Å². The molecule has 2 N–H and O–H groups in total. The number of nitrogens with one attached hydrogen (secondary N) is 2. The molecule has 27 heavy (non-hydrogen) atoms. The van der Waals surface area contributed by atoms with Crippen LogP contribution in [-0.4, -0.2) is 36.3 Å². The van der Waals surface area contributed by atoms with Gasteiger partial charge in [0.05, 0.1) is 5.69 Å². The van der Waals surface area contributed by atoms with Gasteiger partial charge in [-0.2, -0.15) is 5.11 Å². The number of amides is 1. The van der Waals surface area contributed by atoms with Gasteiger partial charge in [-0.3, -0.25) is 4.79 Å². The number of azo groups is 1. The highest BCUT2D eigenvalue weighted by Crippen LogP contribution is 2.23. The average Bonchev–Trinajstić information content (AvgIpc) is 2.94. The summed E-state index contributed by atoms with van der Waals surface area (Å²) in [6.45, 7) is 1.48. The van der Waals surface area contributed by atoms with E-state index in [2.05, 4.69) is 31.3 Å². The van der Waals surface area contributed by atoms with Crippen molar-refractivity contribution in [2.75, 3.05) is 24.7 Å². The highest BCUT2D eigenvalue weighted by atomic mass is 35.5. The Morgan fingerprint density at radius 3 is 1.93 bits per heavy atom. The van der Waals surface area contributed by atoms with Crippen LogP contribution in [0, 0.1) is 0 Å². The van der Waals surface area contributed by atoms with E-state index in [0.29, 0.717) is 0 Å². The van der Waals surface area contributed by atoms with Gasteiger partial charge in [0.25, 0.3) is 0 Å². The molecule has 0 unspecified atom stereocenters. The van der Waals surface area contributed by atoms with Crippen LogP contribution in [0.15, 0.2) is 69.2 Å². The molecule has 0 saturated heterocycles. The molecule has 0 fully saturated rings. The quantitative estimate of drug-likeness (QED) is 0.744. The Labute approximate surface area is 163 Å². The first-order valence-corrected chi connectivity index (χ1v) is 8.04. The summed E-state index contributed by atoms with van der Waals surface area (Å²) in [5.41, 5.74) is 3.35. The van der Waals surface area contributed by atoms with E-state index in [1.165, 1.54) is 6.92 Å². The molecule has 142 valence electrons. The maximum atomic E-state index is 11.0. The molecule has 9 nitrogen and oxygen atoms in total. The predicted octanol–water partition coefficient (Wildman–Crippen LogP) is 4.34. The number of rotatable bonds is 5. The molecule has 2 aromatic carbocycles. The van der Waals surface area contributed by atoms with Crippen LogP contribution < -0.4 is 10.6 Å². The van der Waals surface area contributed by atoms with Crippen LogP contribution in [-0.2, 0) is 4.79 Å². The minimum absolute atomic E-state index is 0. The van der Waals surface area contributed by atoms with Gasteiger partial charge in [0.2, 0.25) is 12.2 Å². The molecule has 0 radical (unpaired) electrons. The lowest BCUT2D eigenvalue weighted by atomic mass is 10.2. The van der Waals surface area contributed by atoms with Crippen molar-refractivity contribution in [2.45, 2.75) is 13.2 Å². The van der Waals surface area contributed by atoms with E-state index < -0.39 is 0 Å². The summed E-state index contributed by atoms with van der Waals surface area (Å²) >= 11 is 0. The summed E-state index contributed by atoms with van der Waals surface area (Å²) in [7, 11) is 3.59. The lowest BCUT2D eigenvalue weighted by Crippen LogP contribution is -2.31. The third-order valence-electron chi connectivity index (χ3n) is 3.63. The number of halogens is 1. The van der Waals surface area contributed by atoms with Gasteiger partial charge >= 0.3 is 0 Å². The van der Waals surface area contributed by atoms with Crippen LogP contribution in [0.1, 0.15) is 6.92 Å². The normalized spacial score (nSPS) is 13.7. The van der Waals surface area contributed by atoms with Gasteiger partial charge in [0, 0.05) is 38.1 Å². The van der Waals surface area contributed by atoms with E-state index in [1.54, 1.807) is 24.1 Å². The fourth-order valence-corrected chi connectivity index (χ4v) is 2.35.